The summed E-state index contributed by atoms with van der Waals surface area (Å²) in [6.45, 7) is 2.29. The Morgan fingerprint density at radius 1 is 1.24 bits per heavy atom. The van der Waals surface area contributed by atoms with Crippen molar-refractivity contribution >= 4 is 34.8 Å². The van der Waals surface area contributed by atoms with Gasteiger partial charge < -0.3 is 15.0 Å². The van der Waals surface area contributed by atoms with Gasteiger partial charge in [-0.1, -0.05) is 17.7 Å². The molecule has 130 valence electrons. The zero-order chi connectivity index (χ0) is 18.0. The van der Waals surface area contributed by atoms with Crippen LogP contribution >= 0.6 is 11.6 Å². The molecule has 2 amide bonds. The van der Waals surface area contributed by atoms with Crippen LogP contribution in [0.3, 0.4) is 0 Å². The fourth-order valence-electron chi connectivity index (χ4n) is 2.91. The van der Waals surface area contributed by atoms with E-state index < -0.39 is 5.92 Å². The number of hydrogen-bond acceptors (Lipinski definition) is 3. The van der Waals surface area contributed by atoms with Gasteiger partial charge in [-0.25, -0.2) is 0 Å². The normalized spacial score (nSPS) is 16.8. The molecule has 1 heterocycles. The lowest BCUT2D eigenvalue weighted by Gasteiger charge is -2.17. The largest absolute Gasteiger partial charge is 0.495 e. The van der Waals surface area contributed by atoms with E-state index in [2.05, 4.69) is 5.32 Å². The van der Waals surface area contributed by atoms with E-state index in [9.17, 15) is 9.59 Å². The number of methoxy groups -OCH3 is 1. The first-order valence-electron chi connectivity index (χ1n) is 7.99. The van der Waals surface area contributed by atoms with E-state index in [1.807, 2.05) is 25.1 Å². The molecule has 5 nitrogen and oxygen atoms in total. The fourth-order valence-corrected chi connectivity index (χ4v) is 3.03. The van der Waals surface area contributed by atoms with Crippen LogP contribution < -0.4 is 15.0 Å². The van der Waals surface area contributed by atoms with Gasteiger partial charge in [0.05, 0.1) is 18.7 Å². The second-order valence-electron chi connectivity index (χ2n) is 6.07. The molecule has 0 spiro atoms. The monoisotopic (exact) mass is 358 g/mol. The lowest BCUT2D eigenvalue weighted by Crippen LogP contribution is -2.28. The highest BCUT2D eigenvalue weighted by Crippen LogP contribution is 2.29. The predicted molar refractivity (Wildman–Crippen MR) is 98.3 cm³/mol. The molecule has 0 bridgehead atoms. The van der Waals surface area contributed by atoms with Crippen molar-refractivity contribution < 1.29 is 14.3 Å². The molecule has 0 radical (unpaired) electrons. The Balaban J connectivity index is 1.73. The smallest absolute Gasteiger partial charge is 0.229 e. The topological polar surface area (TPSA) is 58.6 Å². The molecule has 6 heteroatoms. The molecule has 1 N–H and O–H groups in total. The zero-order valence-electron chi connectivity index (χ0n) is 14.1. The van der Waals surface area contributed by atoms with Crippen molar-refractivity contribution in [1.29, 1.82) is 0 Å². The van der Waals surface area contributed by atoms with Crippen molar-refractivity contribution in [2.24, 2.45) is 5.92 Å². The first kappa shape index (κ1) is 17.3. The van der Waals surface area contributed by atoms with Gasteiger partial charge in [-0.05, 0) is 48.9 Å². The third kappa shape index (κ3) is 3.77. The molecule has 0 unspecified atom stereocenters. The molecule has 1 atom stereocenters. The number of rotatable bonds is 4. The molecule has 0 aliphatic carbocycles. The summed E-state index contributed by atoms with van der Waals surface area (Å²) in [4.78, 5) is 26.5. The number of benzene rings is 2. The Bertz CT molecular complexity index is 805. The lowest BCUT2D eigenvalue weighted by molar-refractivity contribution is -0.122. The van der Waals surface area contributed by atoms with Crippen LogP contribution in [0, 0.1) is 12.8 Å². The lowest BCUT2D eigenvalue weighted by atomic mass is 10.1. The first-order chi connectivity index (χ1) is 12.0. The molecule has 0 aromatic heterocycles. The van der Waals surface area contributed by atoms with Gasteiger partial charge in [0, 0.05) is 23.7 Å². The molecule has 3 rings (SSSR count). The maximum atomic E-state index is 12.6. The minimum Gasteiger partial charge on any atom is -0.495 e. The summed E-state index contributed by atoms with van der Waals surface area (Å²) in [6.07, 6.45) is 0.183. The van der Waals surface area contributed by atoms with Crippen molar-refractivity contribution in [3.63, 3.8) is 0 Å². The van der Waals surface area contributed by atoms with Crippen LogP contribution in [-0.4, -0.2) is 25.5 Å². The number of carbonyl (C=O) groups is 2. The van der Waals surface area contributed by atoms with Crippen molar-refractivity contribution in [3.05, 3.63) is 53.1 Å². The molecule has 25 heavy (non-hydrogen) atoms. The van der Waals surface area contributed by atoms with Gasteiger partial charge in [0.1, 0.15) is 5.75 Å². The number of aryl methyl sites for hydroxylation is 1. The summed E-state index contributed by atoms with van der Waals surface area (Å²) in [5.74, 6) is -0.0707. The number of halogens is 1. The van der Waals surface area contributed by atoms with E-state index in [1.165, 1.54) is 0 Å². The van der Waals surface area contributed by atoms with Gasteiger partial charge in [-0.15, -0.1) is 0 Å². The van der Waals surface area contributed by atoms with Crippen molar-refractivity contribution in [1.82, 2.24) is 0 Å². The molecule has 2 aromatic rings. The Hall–Kier alpha value is -2.53. The Morgan fingerprint density at radius 2 is 1.96 bits per heavy atom. The van der Waals surface area contributed by atoms with Gasteiger partial charge in [0.2, 0.25) is 11.8 Å². The number of amides is 2. The number of nitrogens with one attached hydrogen (secondary N) is 1. The second kappa shape index (κ2) is 7.15. The van der Waals surface area contributed by atoms with Crippen molar-refractivity contribution in [2.45, 2.75) is 13.3 Å². The summed E-state index contributed by atoms with van der Waals surface area (Å²) in [6, 6.07) is 12.6. The highest BCUT2D eigenvalue weighted by Gasteiger charge is 2.35. The number of carbonyl (C=O) groups excluding carboxylic acids is 2. The minimum atomic E-state index is -0.409. The maximum absolute atomic E-state index is 12.6. The van der Waals surface area contributed by atoms with Crippen LogP contribution in [0.25, 0.3) is 0 Å². The van der Waals surface area contributed by atoms with Crippen LogP contribution in [0.5, 0.6) is 5.75 Å². The van der Waals surface area contributed by atoms with Crippen LogP contribution in [-0.2, 0) is 9.59 Å². The van der Waals surface area contributed by atoms with Gasteiger partial charge in [-0.2, -0.15) is 0 Å². The molecule has 1 aliphatic heterocycles. The van der Waals surface area contributed by atoms with E-state index >= 15 is 0 Å². The van der Waals surface area contributed by atoms with E-state index in [-0.39, 0.29) is 18.2 Å². The number of nitrogens with zero attached hydrogens (tertiary/aromatic N) is 1. The molecule has 0 saturated carbocycles. The number of ether oxygens (including phenoxy) is 1. The average Bonchev–Trinajstić information content (AvgIpc) is 2.98. The SMILES string of the molecule is COc1ccc(C)cc1NC(=O)[C@@H]1CC(=O)N(c2ccc(Cl)cc2)C1. The van der Waals surface area contributed by atoms with Gasteiger partial charge in [-0.3, -0.25) is 9.59 Å². The summed E-state index contributed by atoms with van der Waals surface area (Å²) in [7, 11) is 1.56. The van der Waals surface area contributed by atoms with Gasteiger partial charge in [0.25, 0.3) is 0 Å². The number of anilines is 2. The molecular formula is C19H19ClN2O3. The zero-order valence-corrected chi connectivity index (χ0v) is 14.8. The highest BCUT2D eigenvalue weighted by atomic mass is 35.5. The van der Waals surface area contributed by atoms with Crippen molar-refractivity contribution in [3.8, 4) is 5.75 Å². The van der Waals surface area contributed by atoms with Gasteiger partial charge in [0.15, 0.2) is 0 Å². The highest BCUT2D eigenvalue weighted by molar-refractivity contribution is 6.30. The molecule has 2 aromatic carbocycles. The van der Waals surface area contributed by atoms with Crippen LogP contribution in [0.1, 0.15) is 12.0 Å². The van der Waals surface area contributed by atoms with Crippen LogP contribution in [0.4, 0.5) is 11.4 Å². The minimum absolute atomic E-state index is 0.0707. The summed E-state index contributed by atoms with van der Waals surface area (Å²) in [5, 5.41) is 3.49. The molecule has 1 aliphatic rings. The van der Waals surface area contributed by atoms with Crippen molar-refractivity contribution in [2.75, 3.05) is 23.9 Å². The fraction of sp³-hybridized carbons (Fsp3) is 0.263. The summed E-state index contributed by atoms with van der Waals surface area (Å²) in [5.41, 5.74) is 2.38. The Labute approximate surface area is 151 Å². The third-order valence-electron chi connectivity index (χ3n) is 4.25. The quantitative estimate of drug-likeness (QED) is 0.907. The summed E-state index contributed by atoms with van der Waals surface area (Å²) < 4.78 is 5.28. The van der Waals surface area contributed by atoms with E-state index in [1.54, 1.807) is 36.3 Å². The maximum Gasteiger partial charge on any atom is 0.229 e. The molecule has 1 saturated heterocycles. The predicted octanol–water partition coefficient (Wildman–Crippen LogP) is 3.65. The molecule has 1 fully saturated rings. The Morgan fingerprint density at radius 3 is 2.64 bits per heavy atom. The van der Waals surface area contributed by atoms with E-state index in [4.69, 9.17) is 16.3 Å². The van der Waals surface area contributed by atoms with Gasteiger partial charge >= 0.3 is 0 Å². The van der Waals surface area contributed by atoms with E-state index in [0.717, 1.165) is 11.3 Å². The Kier molecular flexibility index (Phi) is 4.95. The molecular weight excluding hydrogens is 340 g/mol. The average molecular weight is 359 g/mol. The standard InChI is InChI=1S/C19H19ClN2O3/c1-12-3-8-17(25-2)16(9-12)21-19(24)13-10-18(23)22(11-13)15-6-4-14(20)5-7-15/h3-9,13H,10-11H2,1-2H3,(H,21,24)/t13-/m1/s1. The number of hydrogen-bond donors (Lipinski definition) is 1. The second-order valence-corrected chi connectivity index (χ2v) is 6.51. The first-order valence-corrected chi connectivity index (χ1v) is 8.37. The van der Waals surface area contributed by atoms with Crippen LogP contribution in [0.2, 0.25) is 5.02 Å². The third-order valence-corrected chi connectivity index (χ3v) is 4.50. The van der Waals surface area contributed by atoms with Crippen LogP contribution in [0.15, 0.2) is 42.5 Å². The van der Waals surface area contributed by atoms with E-state index in [0.29, 0.717) is 23.0 Å². The summed E-state index contributed by atoms with van der Waals surface area (Å²) >= 11 is 5.89.